The molecule has 0 saturated heterocycles. The van der Waals surface area contributed by atoms with Crippen LogP contribution >= 0.6 is 0 Å². The third kappa shape index (κ3) is 1.87. The molecule has 0 unspecified atom stereocenters. The fraction of sp³-hybridized carbons (Fsp3) is 0.778. The van der Waals surface area contributed by atoms with Crippen molar-refractivity contribution in [2.45, 2.75) is 37.7 Å². The van der Waals surface area contributed by atoms with Gasteiger partial charge in [-0.05, 0) is 25.7 Å². The number of nitrogens with two attached hydrogens (primary N) is 1. The molecule has 1 fully saturated rings. The second kappa shape index (κ2) is 3.96. The van der Waals surface area contributed by atoms with Crippen molar-refractivity contribution in [2.75, 3.05) is 12.8 Å². The summed E-state index contributed by atoms with van der Waals surface area (Å²) >= 11 is 0. The Balaban J connectivity index is 1.95. The Hall–Kier alpha value is -1.10. The highest BCUT2D eigenvalue weighted by Crippen LogP contribution is 2.33. The van der Waals surface area contributed by atoms with E-state index in [0.717, 1.165) is 25.7 Å². The predicted molar refractivity (Wildman–Crippen MR) is 50.7 cm³/mol. The van der Waals surface area contributed by atoms with E-state index >= 15 is 0 Å². The van der Waals surface area contributed by atoms with Crippen molar-refractivity contribution in [3.05, 3.63) is 5.89 Å². The molecule has 2 N–H and O–H groups in total. The van der Waals surface area contributed by atoms with Crippen molar-refractivity contribution in [1.29, 1.82) is 0 Å². The zero-order chi connectivity index (χ0) is 9.97. The number of anilines is 1. The van der Waals surface area contributed by atoms with Gasteiger partial charge in [-0.2, -0.15) is 0 Å². The summed E-state index contributed by atoms with van der Waals surface area (Å²) in [5.74, 6) is 1.04. The molecule has 1 heterocycles. The second-order valence-corrected chi connectivity index (χ2v) is 3.69. The van der Waals surface area contributed by atoms with Gasteiger partial charge in [-0.3, -0.25) is 0 Å². The first-order chi connectivity index (χ1) is 6.79. The summed E-state index contributed by atoms with van der Waals surface area (Å²) < 4.78 is 10.5. The van der Waals surface area contributed by atoms with Gasteiger partial charge in [0.1, 0.15) is 0 Å². The smallest absolute Gasteiger partial charge is 0.312 e. The molecule has 2 rings (SSSR count). The molecule has 78 valence electrons. The summed E-state index contributed by atoms with van der Waals surface area (Å²) in [5, 5.41) is 7.57. The fourth-order valence-corrected chi connectivity index (χ4v) is 1.96. The van der Waals surface area contributed by atoms with Crippen molar-refractivity contribution >= 4 is 6.01 Å². The molecule has 0 spiro atoms. The Morgan fingerprint density at radius 3 is 2.50 bits per heavy atom. The predicted octanol–water partition coefficient (Wildman–Crippen LogP) is 1.32. The number of nitrogen functional groups attached to an aromatic ring is 1. The lowest BCUT2D eigenvalue weighted by Crippen LogP contribution is -2.19. The minimum atomic E-state index is 0.161. The van der Waals surface area contributed by atoms with Crippen LogP contribution in [-0.4, -0.2) is 23.4 Å². The normalized spacial score (nSPS) is 27.8. The number of methoxy groups -OCH3 is 1. The number of hydrogen-bond acceptors (Lipinski definition) is 5. The van der Waals surface area contributed by atoms with Crippen LogP contribution in [0.3, 0.4) is 0 Å². The third-order valence-electron chi connectivity index (χ3n) is 2.81. The van der Waals surface area contributed by atoms with Crippen LogP contribution in [0.25, 0.3) is 0 Å². The summed E-state index contributed by atoms with van der Waals surface area (Å²) in [4.78, 5) is 0. The molecule has 0 aromatic carbocycles. The van der Waals surface area contributed by atoms with Crippen LogP contribution in [0, 0.1) is 0 Å². The highest BCUT2D eigenvalue weighted by atomic mass is 16.5. The van der Waals surface area contributed by atoms with Gasteiger partial charge in [0.05, 0.1) is 6.10 Å². The summed E-state index contributed by atoms with van der Waals surface area (Å²) in [6.07, 6.45) is 4.60. The molecule has 0 radical (unpaired) electrons. The first-order valence-electron chi connectivity index (χ1n) is 4.91. The largest absolute Gasteiger partial charge is 0.408 e. The molecule has 0 aliphatic heterocycles. The molecule has 0 amide bonds. The molecule has 14 heavy (non-hydrogen) atoms. The Morgan fingerprint density at radius 1 is 1.29 bits per heavy atom. The molecule has 0 atom stereocenters. The average molecular weight is 197 g/mol. The zero-order valence-corrected chi connectivity index (χ0v) is 8.27. The molecule has 0 bridgehead atoms. The minimum absolute atomic E-state index is 0.161. The molecule has 1 aromatic rings. The van der Waals surface area contributed by atoms with Gasteiger partial charge in [0, 0.05) is 13.0 Å². The van der Waals surface area contributed by atoms with E-state index < -0.39 is 0 Å². The molecule has 1 aliphatic rings. The molecular weight excluding hydrogens is 182 g/mol. The zero-order valence-electron chi connectivity index (χ0n) is 8.27. The SMILES string of the molecule is COC1CCC(c2nnc(N)o2)CC1. The minimum Gasteiger partial charge on any atom is -0.408 e. The van der Waals surface area contributed by atoms with Crippen LogP contribution in [-0.2, 0) is 4.74 Å². The van der Waals surface area contributed by atoms with E-state index in [0.29, 0.717) is 17.9 Å². The number of nitrogens with zero attached hydrogens (tertiary/aromatic N) is 2. The highest BCUT2D eigenvalue weighted by molar-refractivity contribution is 5.07. The van der Waals surface area contributed by atoms with E-state index in [1.165, 1.54) is 0 Å². The summed E-state index contributed by atoms with van der Waals surface area (Å²) in [6, 6.07) is 0.161. The van der Waals surface area contributed by atoms with Gasteiger partial charge >= 0.3 is 6.01 Å². The van der Waals surface area contributed by atoms with Crippen LogP contribution in [0.5, 0.6) is 0 Å². The standard InChI is InChI=1S/C9H15N3O2/c1-13-7-4-2-6(3-5-7)8-11-12-9(10)14-8/h6-7H,2-5H2,1H3,(H2,10,12). The molecule has 1 aromatic heterocycles. The quantitative estimate of drug-likeness (QED) is 0.774. The van der Waals surface area contributed by atoms with E-state index in [-0.39, 0.29) is 6.01 Å². The molecule has 1 aliphatic carbocycles. The Kier molecular flexibility index (Phi) is 2.67. The maximum absolute atomic E-state index is 5.37. The molecule has 1 saturated carbocycles. The van der Waals surface area contributed by atoms with E-state index in [1.54, 1.807) is 7.11 Å². The highest BCUT2D eigenvalue weighted by Gasteiger charge is 2.25. The van der Waals surface area contributed by atoms with E-state index in [4.69, 9.17) is 14.9 Å². The average Bonchev–Trinajstić information content (AvgIpc) is 2.65. The topological polar surface area (TPSA) is 74.2 Å². The van der Waals surface area contributed by atoms with Gasteiger partial charge in [0.25, 0.3) is 0 Å². The van der Waals surface area contributed by atoms with Gasteiger partial charge in [-0.1, -0.05) is 5.10 Å². The number of hydrogen-bond donors (Lipinski definition) is 1. The van der Waals surface area contributed by atoms with E-state index in [1.807, 2.05) is 0 Å². The molecule has 5 heteroatoms. The summed E-state index contributed by atoms with van der Waals surface area (Å²) in [7, 11) is 1.76. The number of rotatable bonds is 2. The van der Waals surface area contributed by atoms with Crippen molar-refractivity contribution in [1.82, 2.24) is 10.2 Å². The maximum Gasteiger partial charge on any atom is 0.312 e. The van der Waals surface area contributed by atoms with Crippen molar-refractivity contribution < 1.29 is 9.15 Å². The summed E-state index contributed by atoms with van der Waals surface area (Å²) in [5.41, 5.74) is 5.37. The fourth-order valence-electron chi connectivity index (χ4n) is 1.96. The van der Waals surface area contributed by atoms with Crippen molar-refractivity contribution in [2.24, 2.45) is 0 Å². The van der Waals surface area contributed by atoms with Crippen LogP contribution in [0.1, 0.15) is 37.5 Å². The van der Waals surface area contributed by atoms with E-state index in [2.05, 4.69) is 10.2 Å². The van der Waals surface area contributed by atoms with E-state index in [9.17, 15) is 0 Å². The lowest BCUT2D eigenvalue weighted by atomic mass is 9.87. The van der Waals surface area contributed by atoms with Crippen LogP contribution in [0.2, 0.25) is 0 Å². The second-order valence-electron chi connectivity index (χ2n) is 3.69. The number of ether oxygens (including phenoxy) is 1. The first-order valence-corrected chi connectivity index (χ1v) is 4.91. The van der Waals surface area contributed by atoms with Crippen LogP contribution < -0.4 is 5.73 Å². The van der Waals surface area contributed by atoms with Crippen molar-refractivity contribution in [3.63, 3.8) is 0 Å². The lowest BCUT2D eigenvalue weighted by molar-refractivity contribution is 0.0634. The Morgan fingerprint density at radius 2 is 2.00 bits per heavy atom. The monoisotopic (exact) mass is 197 g/mol. The third-order valence-corrected chi connectivity index (χ3v) is 2.81. The summed E-state index contributed by atoms with van der Waals surface area (Å²) in [6.45, 7) is 0. The maximum atomic E-state index is 5.37. The van der Waals surface area contributed by atoms with Crippen LogP contribution in [0.4, 0.5) is 6.01 Å². The van der Waals surface area contributed by atoms with Gasteiger partial charge in [0.2, 0.25) is 5.89 Å². The number of aromatic nitrogens is 2. The molecular formula is C9H15N3O2. The molecule has 5 nitrogen and oxygen atoms in total. The van der Waals surface area contributed by atoms with Gasteiger partial charge in [0.15, 0.2) is 0 Å². The lowest BCUT2D eigenvalue weighted by Gasteiger charge is -2.25. The van der Waals surface area contributed by atoms with Crippen LogP contribution in [0.15, 0.2) is 4.42 Å². The van der Waals surface area contributed by atoms with Gasteiger partial charge in [-0.15, -0.1) is 5.10 Å². The van der Waals surface area contributed by atoms with Gasteiger partial charge < -0.3 is 14.9 Å². The van der Waals surface area contributed by atoms with Gasteiger partial charge in [-0.25, -0.2) is 0 Å². The Labute approximate surface area is 82.6 Å². The van der Waals surface area contributed by atoms with Crippen molar-refractivity contribution in [3.8, 4) is 0 Å². The first kappa shape index (κ1) is 9.45. The Bertz CT molecular complexity index is 292.